The Balaban J connectivity index is 1.45. The molecule has 0 aliphatic carbocycles. The quantitative estimate of drug-likeness (QED) is 0.335. The maximum Gasteiger partial charge on any atom is 0.387 e. The number of hydrogen-bond donors (Lipinski definition) is 0. The summed E-state index contributed by atoms with van der Waals surface area (Å²) in [5.41, 5.74) is 1.22. The molecule has 0 radical (unpaired) electrons. The lowest BCUT2D eigenvalue weighted by Crippen LogP contribution is -2.30. The predicted octanol–water partition coefficient (Wildman–Crippen LogP) is 3.93. The number of fused-ring (bicyclic) bond motifs is 1. The lowest BCUT2D eigenvalue weighted by atomic mass is 10.2. The van der Waals surface area contributed by atoms with Crippen LogP contribution in [0.2, 0.25) is 0 Å². The van der Waals surface area contributed by atoms with Gasteiger partial charge in [0.15, 0.2) is 5.16 Å². The Bertz CT molecular complexity index is 1200. The smallest absolute Gasteiger partial charge is 0.387 e. The first-order valence-corrected chi connectivity index (χ1v) is 11.9. The monoisotopic (exact) mass is 489 g/mol. The molecule has 1 saturated heterocycles. The minimum Gasteiger partial charge on any atom is -0.435 e. The van der Waals surface area contributed by atoms with E-state index >= 15 is 0 Å². The number of aromatic nitrogens is 2. The lowest BCUT2D eigenvalue weighted by Gasteiger charge is -2.19. The van der Waals surface area contributed by atoms with E-state index in [2.05, 4.69) is 9.72 Å². The van der Waals surface area contributed by atoms with E-state index in [1.165, 1.54) is 23.9 Å². The number of alkyl halides is 2. The molecule has 2 aromatic carbocycles. The second-order valence-electron chi connectivity index (χ2n) is 8.02. The predicted molar refractivity (Wildman–Crippen MR) is 125 cm³/mol. The molecule has 2 heterocycles. The third kappa shape index (κ3) is 5.92. The molecule has 0 N–H and O–H groups in total. The van der Waals surface area contributed by atoms with Gasteiger partial charge in [0.1, 0.15) is 5.75 Å². The number of nitrogens with zero attached hydrogens (tertiary/aromatic N) is 3. The molecule has 1 aliphatic heterocycles. The number of halogens is 2. The Morgan fingerprint density at radius 2 is 2.03 bits per heavy atom. The van der Waals surface area contributed by atoms with Crippen molar-refractivity contribution >= 4 is 28.6 Å². The van der Waals surface area contributed by atoms with Gasteiger partial charge in [-0.05, 0) is 42.7 Å². The van der Waals surface area contributed by atoms with Crippen molar-refractivity contribution in [3.8, 4) is 5.75 Å². The number of amides is 1. The summed E-state index contributed by atoms with van der Waals surface area (Å²) in [7, 11) is 1.67. The van der Waals surface area contributed by atoms with Gasteiger partial charge in [-0.15, -0.1) is 0 Å². The van der Waals surface area contributed by atoms with Crippen molar-refractivity contribution in [2.75, 3.05) is 19.4 Å². The van der Waals surface area contributed by atoms with E-state index in [1.54, 1.807) is 46.8 Å². The van der Waals surface area contributed by atoms with Crippen molar-refractivity contribution in [3.05, 3.63) is 64.4 Å². The topological polar surface area (TPSA) is 73.7 Å². The highest BCUT2D eigenvalue weighted by Gasteiger charge is 2.21. The Labute approximate surface area is 199 Å². The van der Waals surface area contributed by atoms with Gasteiger partial charge in [-0.1, -0.05) is 36.0 Å². The molecule has 1 aromatic heterocycles. The Morgan fingerprint density at radius 1 is 1.26 bits per heavy atom. The van der Waals surface area contributed by atoms with Crippen molar-refractivity contribution < 1.29 is 23.0 Å². The highest BCUT2D eigenvalue weighted by Crippen LogP contribution is 2.22. The highest BCUT2D eigenvalue weighted by atomic mass is 32.2. The van der Waals surface area contributed by atoms with Crippen LogP contribution in [0.15, 0.2) is 58.5 Å². The van der Waals surface area contributed by atoms with Gasteiger partial charge in [0.05, 0.1) is 29.3 Å². The van der Waals surface area contributed by atoms with Gasteiger partial charge in [0, 0.05) is 20.2 Å². The maximum absolute atomic E-state index is 13.2. The van der Waals surface area contributed by atoms with Crippen molar-refractivity contribution in [2.24, 2.45) is 0 Å². The average molecular weight is 490 g/mol. The Hall–Kier alpha value is -2.98. The van der Waals surface area contributed by atoms with E-state index in [0.29, 0.717) is 35.8 Å². The first kappa shape index (κ1) is 24.2. The lowest BCUT2D eigenvalue weighted by molar-refractivity contribution is -0.127. The van der Waals surface area contributed by atoms with E-state index in [0.717, 1.165) is 18.4 Å². The van der Waals surface area contributed by atoms with Crippen LogP contribution >= 0.6 is 11.8 Å². The summed E-state index contributed by atoms with van der Waals surface area (Å²) < 4.78 is 36.3. The van der Waals surface area contributed by atoms with Crippen molar-refractivity contribution in [1.29, 1.82) is 0 Å². The van der Waals surface area contributed by atoms with E-state index in [1.807, 2.05) is 6.07 Å². The van der Waals surface area contributed by atoms with Gasteiger partial charge in [0.2, 0.25) is 5.91 Å². The SMILES string of the molecule is CN(Cc1ccc(OC(F)F)cc1)C(=O)CSc1nc2ccccc2c(=O)n1CC1CCCO1. The molecule has 10 heteroatoms. The minimum absolute atomic E-state index is 0.0459. The number of thioether (sulfide) groups is 1. The molecule has 3 aromatic rings. The molecular formula is C24H25F2N3O4S. The van der Waals surface area contributed by atoms with Crippen LogP contribution in [-0.4, -0.2) is 52.5 Å². The fourth-order valence-electron chi connectivity index (χ4n) is 3.79. The summed E-state index contributed by atoms with van der Waals surface area (Å²) in [6.07, 6.45) is 1.79. The third-order valence-corrected chi connectivity index (χ3v) is 6.52. The van der Waals surface area contributed by atoms with Crippen LogP contribution in [0.1, 0.15) is 18.4 Å². The maximum atomic E-state index is 13.2. The summed E-state index contributed by atoms with van der Waals surface area (Å²) in [5.74, 6) is 0.0122. The van der Waals surface area contributed by atoms with Gasteiger partial charge >= 0.3 is 6.61 Å². The van der Waals surface area contributed by atoms with Crippen molar-refractivity contribution in [1.82, 2.24) is 14.5 Å². The third-order valence-electron chi connectivity index (χ3n) is 5.56. The standard InChI is InChI=1S/C24H25F2N3O4S/c1-28(13-16-8-10-17(11-9-16)33-23(25)26)21(30)15-34-24-27-20-7-3-2-6-19(20)22(31)29(24)14-18-5-4-12-32-18/h2-3,6-11,18,23H,4-5,12-15H2,1H3. The average Bonchev–Trinajstić information content (AvgIpc) is 3.34. The summed E-state index contributed by atoms with van der Waals surface area (Å²) in [6.45, 7) is -1.49. The molecule has 1 atom stereocenters. The second-order valence-corrected chi connectivity index (χ2v) is 8.97. The zero-order valence-electron chi connectivity index (χ0n) is 18.7. The van der Waals surface area contributed by atoms with E-state index < -0.39 is 6.61 Å². The highest BCUT2D eigenvalue weighted by molar-refractivity contribution is 7.99. The number of carbonyl (C=O) groups is 1. The molecular weight excluding hydrogens is 464 g/mol. The second kappa shape index (κ2) is 11.0. The number of rotatable bonds is 9. The fraction of sp³-hybridized carbons (Fsp3) is 0.375. The molecule has 180 valence electrons. The van der Waals surface area contributed by atoms with E-state index in [9.17, 15) is 18.4 Å². The van der Waals surface area contributed by atoms with E-state index in [-0.39, 0.29) is 29.1 Å². The number of hydrogen-bond acceptors (Lipinski definition) is 6. The summed E-state index contributed by atoms with van der Waals surface area (Å²) in [5, 5.41) is 1.02. The van der Waals surface area contributed by atoms with Gasteiger partial charge in [-0.2, -0.15) is 8.78 Å². The van der Waals surface area contributed by atoms with Crippen LogP contribution < -0.4 is 10.3 Å². The Morgan fingerprint density at radius 3 is 2.74 bits per heavy atom. The molecule has 34 heavy (non-hydrogen) atoms. The van der Waals surface area contributed by atoms with Crippen LogP contribution in [-0.2, 0) is 22.6 Å². The van der Waals surface area contributed by atoms with Crippen LogP contribution in [0, 0.1) is 0 Å². The molecule has 0 spiro atoms. The van der Waals surface area contributed by atoms with Crippen LogP contribution in [0.3, 0.4) is 0 Å². The number of benzene rings is 2. The molecule has 0 bridgehead atoms. The van der Waals surface area contributed by atoms with Gasteiger partial charge < -0.3 is 14.4 Å². The van der Waals surface area contributed by atoms with Crippen molar-refractivity contribution in [2.45, 2.75) is 43.8 Å². The van der Waals surface area contributed by atoms with Crippen LogP contribution in [0.4, 0.5) is 8.78 Å². The summed E-state index contributed by atoms with van der Waals surface area (Å²) in [4.78, 5) is 32.1. The largest absolute Gasteiger partial charge is 0.435 e. The molecule has 1 aliphatic rings. The number of ether oxygens (including phenoxy) is 2. The van der Waals surface area contributed by atoms with Gasteiger partial charge in [-0.25, -0.2) is 4.98 Å². The minimum atomic E-state index is -2.88. The molecule has 1 unspecified atom stereocenters. The zero-order chi connectivity index (χ0) is 24.1. The van der Waals surface area contributed by atoms with E-state index in [4.69, 9.17) is 4.74 Å². The van der Waals surface area contributed by atoms with Gasteiger partial charge in [0.25, 0.3) is 5.56 Å². The molecule has 4 rings (SSSR count). The van der Waals surface area contributed by atoms with Crippen LogP contribution in [0.25, 0.3) is 10.9 Å². The van der Waals surface area contributed by atoms with Crippen molar-refractivity contribution in [3.63, 3.8) is 0 Å². The normalized spacial score (nSPS) is 15.7. The number of para-hydroxylation sites is 1. The number of carbonyl (C=O) groups excluding carboxylic acids is 1. The molecule has 0 saturated carbocycles. The zero-order valence-corrected chi connectivity index (χ0v) is 19.5. The molecule has 1 amide bonds. The van der Waals surface area contributed by atoms with Crippen LogP contribution in [0.5, 0.6) is 5.75 Å². The summed E-state index contributed by atoms with van der Waals surface area (Å²) in [6, 6.07) is 13.3. The first-order valence-electron chi connectivity index (χ1n) is 10.9. The van der Waals surface area contributed by atoms with Gasteiger partial charge in [-0.3, -0.25) is 14.2 Å². The fourth-order valence-corrected chi connectivity index (χ4v) is 4.73. The summed E-state index contributed by atoms with van der Waals surface area (Å²) >= 11 is 1.22. The molecule has 7 nitrogen and oxygen atoms in total. The molecule has 1 fully saturated rings. The Kier molecular flexibility index (Phi) is 7.79. The first-order chi connectivity index (χ1) is 16.4.